The van der Waals surface area contributed by atoms with Crippen LogP contribution >= 0.6 is 0 Å². The molecule has 1 saturated heterocycles. The summed E-state index contributed by atoms with van der Waals surface area (Å²) in [6, 6.07) is 0.288. The molecule has 2 N–H and O–H groups in total. The Kier molecular flexibility index (Phi) is 5.37. The molecule has 5 nitrogen and oxygen atoms in total. The van der Waals surface area contributed by atoms with Gasteiger partial charge in [0.1, 0.15) is 0 Å². The first kappa shape index (κ1) is 14.9. The van der Waals surface area contributed by atoms with Crippen LogP contribution in [0.2, 0.25) is 0 Å². The molecule has 6 heteroatoms. The van der Waals surface area contributed by atoms with E-state index < -0.39 is 9.84 Å². The van der Waals surface area contributed by atoms with Gasteiger partial charge in [-0.2, -0.15) is 0 Å². The van der Waals surface area contributed by atoms with Crippen LogP contribution in [0.1, 0.15) is 13.8 Å². The van der Waals surface area contributed by atoms with Crippen molar-refractivity contribution < 1.29 is 8.42 Å². The van der Waals surface area contributed by atoms with Gasteiger partial charge in [0.2, 0.25) is 0 Å². The summed E-state index contributed by atoms with van der Waals surface area (Å²) < 4.78 is 23.5. The molecule has 0 aromatic carbocycles. The molecule has 0 aromatic heterocycles. The van der Waals surface area contributed by atoms with Crippen molar-refractivity contribution in [2.45, 2.75) is 25.1 Å². The van der Waals surface area contributed by atoms with Crippen LogP contribution in [0.4, 0.5) is 0 Å². The molecule has 1 heterocycles. The molecule has 1 atom stereocenters. The lowest BCUT2D eigenvalue weighted by Gasteiger charge is -2.39. The van der Waals surface area contributed by atoms with Crippen molar-refractivity contribution in [3.8, 4) is 0 Å². The Hall–Kier alpha value is -0.170. The second-order valence-electron chi connectivity index (χ2n) is 5.10. The number of nitrogens with zero attached hydrogens (tertiary/aromatic N) is 2. The minimum atomic E-state index is -2.94. The number of hydrogen-bond acceptors (Lipinski definition) is 5. The van der Waals surface area contributed by atoms with Gasteiger partial charge in [-0.25, -0.2) is 8.42 Å². The summed E-state index contributed by atoms with van der Waals surface area (Å²) in [4.78, 5) is 4.45. The van der Waals surface area contributed by atoms with Gasteiger partial charge in [0.15, 0.2) is 9.84 Å². The lowest BCUT2D eigenvalue weighted by atomic mass is 10.2. The van der Waals surface area contributed by atoms with Gasteiger partial charge in [0, 0.05) is 38.8 Å². The number of piperazine rings is 1. The van der Waals surface area contributed by atoms with Gasteiger partial charge >= 0.3 is 0 Å². The molecule has 0 spiro atoms. The standard InChI is InChI=1S/C11H25N3O2S/c1-10(2)17(15,16)7-6-14-5-4-13(3)9-11(14)8-12/h10-11H,4-9,12H2,1-3H3. The Morgan fingerprint density at radius 3 is 2.53 bits per heavy atom. The van der Waals surface area contributed by atoms with Gasteiger partial charge in [0.25, 0.3) is 0 Å². The molecule has 102 valence electrons. The van der Waals surface area contributed by atoms with Crippen molar-refractivity contribution in [3.63, 3.8) is 0 Å². The van der Waals surface area contributed by atoms with E-state index in [-0.39, 0.29) is 17.0 Å². The second-order valence-corrected chi connectivity index (χ2v) is 7.78. The first-order valence-corrected chi connectivity index (χ1v) is 7.92. The maximum atomic E-state index is 11.8. The summed E-state index contributed by atoms with van der Waals surface area (Å²) in [7, 11) is -0.865. The summed E-state index contributed by atoms with van der Waals surface area (Å²) in [5.74, 6) is 0.241. The predicted octanol–water partition coefficient (Wildman–Crippen LogP) is -0.616. The lowest BCUT2D eigenvalue weighted by Crippen LogP contribution is -2.55. The Morgan fingerprint density at radius 1 is 1.35 bits per heavy atom. The first-order valence-electron chi connectivity index (χ1n) is 6.21. The summed E-state index contributed by atoms with van der Waals surface area (Å²) in [6.07, 6.45) is 0. The molecule has 1 aliphatic heterocycles. The van der Waals surface area contributed by atoms with E-state index in [1.165, 1.54) is 0 Å². The van der Waals surface area contributed by atoms with Gasteiger partial charge in [-0.3, -0.25) is 4.90 Å². The first-order chi connectivity index (χ1) is 7.86. The van der Waals surface area contributed by atoms with Crippen LogP contribution in [-0.2, 0) is 9.84 Å². The van der Waals surface area contributed by atoms with Crippen molar-refractivity contribution in [1.29, 1.82) is 0 Å². The van der Waals surface area contributed by atoms with Gasteiger partial charge in [-0.1, -0.05) is 0 Å². The fraction of sp³-hybridized carbons (Fsp3) is 1.00. The van der Waals surface area contributed by atoms with Crippen LogP contribution in [0.3, 0.4) is 0 Å². The Labute approximate surface area is 105 Å². The van der Waals surface area contributed by atoms with Gasteiger partial charge < -0.3 is 10.6 Å². The van der Waals surface area contributed by atoms with Gasteiger partial charge in [-0.05, 0) is 20.9 Å². The maximum Gasteiger partial charge on any atom is 0.153 e. The smallest absolute Gasteiger partial charge is 0.153 e. The topological polar surface area (TPSA) is 66.6 Å². The van der Waals surface area contributed by atoms with Crippen LogP contribution in [0.5, 0.6) is 0 Å². The summed E-state index contributed by atoms with van der Waals surface area (Å²) in [5, 5.41) is -0.286. The quantitative estimate of drug-likeness (QED) is 0.716. The fourth-order valence-electron chi connectivity index (χ4n) is 2.05. The Balaban J connectivity index is 2.51. The predicted molar refractivity (Wildman–Crippen MR) is 70.8 cm³/mol. The number of nitrogens with two attached hydrogens (primary N) is 1. The minimum absolute atomic E-state index is 0.241. The van der Waals surface area contributed by atoms with E-state index in [1.54, 1.807) is 13.8 Å². The SMILES string of the molecule is CC(C)S(=O)(=O)CCN1CCN(C)CC1CN. The third-order valence-corrected chi connectivity index (χ3v) is 5.65. The minimum Gasteiger partial charge on any atom is -0.329 e. The van der Waals surface area contributed by atoms with Crippen molar-refractivity contribution in [3.05, 3.63) is 0 Å². The third kappa shape index (κ3) is 4.21. The van der Waals surface area contributed by atoms with E-state index in [9.17, 15) is 8.42 Å². The van der Waals surface area contributed by atoms with Crippen LogP contribution < -0.4 is 5.73 Å². The molecule has 0 saturated carbocycles. The van der Waals surface area contributed by atoms with Crippen LogP contribution in [0.25, 0.3) is 0 Å². The summed E-state index contributed by atoms with van der Waals surface area (Å²) in [5.41, 5.74) is 5.74. The second kappa shape index (κ2) is 6.13. The summed E-state index contributed by atoms with van der Waals surface area (Å²) in [6.45, 7) is 7.49. The van der Waals surface area contributed by atoms with Crippen LogP contribution in [-0.4, -0.2) is 75.0 Å². The van der Waals surface area contributed by atoms with Crippen molar-refractivity contribution in [2.75, 3.05) is 45.5 Å². The molecule has 0 aliphatic carbocycles. The van der Waals surface area contributed by atoms with E-state index in [1.807, 2.05) is 0 Å². The van der Waals surface area contributed by atoms with E-state index >= 15 is 0 Å². The zero-order chi connectivity index (χ0) is 13.1. The van der Waals surface area contributed by atoms with E-state index in [2.05, 4.69) is 16.8 Å². The van der Waals surface area contributed by atoms with E-state index in [0.717, 1.165) is 19.6 Å². The molecule has 17 heavy (non-hydrogen) atoms. The van der Waals surface area contributed by atoms with E-state index in [4.69, 9.17) is 5.73 Å². The normalized spacial score (nSPS) is 24.4. The Morgan fingerprint density at radius 2 is 2.00 bits per heavy atom. The molecule has 0 amide bonds. The third-order valence-electron chi connectivity index (χ3n) is 3.46. The zero-order valence-electron chi connectivity index (χ0n) is 11.1. The molecule has 0 bridgehead atoms. The molecule has 1 fully saturated rings. The van der Waals surface area contributed by atoms with Crippen LogP contribution in [0, 0.1) is 0 Å². The van der Waals surface area contributed by atoms with Crippen molar-refractivity contribution >= 4 is 9.84 Å². The Bertz CT molecular complexity index is 330. The highest BCUT2D eigenvalue weighted by Gasteiger charge is 2.26. The number of hydrogen-bond donors (Lipinski definition) is 1. The monoisotopic (exact) mass is 263 g/mol. The number of sulfone groups is 1. The number of likely N-dealkylation sites (N-methyl/N-ethyl adjacent to an activating group) is 1. The maximum absolute atomic E-state index is 11.8. The van der Waals surface area contributed by atoms with Gasteiger partial charge in [0.05, 0.1) is 11.0 Å². The average Bonchev–Trinajstić information content (AvgIpc) is 2.27. The molecule has 1 aliphatic rings. The highest BCUT2D eigenvalue weighted by Crippen LogP contribution is 2.09. The molecular weight excluding hydrogens is 238 g/mol. The van der Waals surface area contributed by atoms with E-state index in [0.29, 0.717) is 13.1 Å². The highest BCUT2D eigenvalue weighted by molar-refractivity contribution is 7.92. The summed E-state index contributed by atoms with van der Waals surface area (Å²) >= 11 is 0. The van der Waals surface area contributed by atoms with Crippen LogP contribution in [0.15, 0.2) is 0 Å². The molecule has 0 radical (unpaired) electrons. The van der Waals surface area contributed by atoms with Gasteiger partial charge in [-0.15, -0.1) is 0 Å². The number of rotatable bonds is 5. The average molecular weight is 263 g/mol. The zero-order valence-corrected chi connectivity index (χ0v) is 11.9. The fourth-order valence-corrected chi connectivity index (χ4v) is 3.01. The molecular formula is C11H25N3O2S. The largest absolute Gasteiger partial charge is 0.329 e. The molecule has 0 aromatic rings. The lowest BCUT2D eigenvalue weighted by molar-refractivity contribution is 0.100. The van der Waals surface area contributed by atoms with Crippen molar-refractivity contribution in [1.82, 2.24) is 9.80 Å². The van der Waals surface area contributed by atoms with Crippen molar-refractivity contribution in [2.24, 2.45) is 5.73 Å². The molecule has 1 unspecified atom stereocenters. The molecule has 1 rings (SSSR count). The highest BCUT2D eigenvalue weighted by atomic mass is 32.2.